The largest absolute Gasteiger partial charge is 0.495 e. The lowest BCUT2D eigenvalue weighted by Crippen LogP contribution is -2.43. The van der Waals surface area contributed by atoms with E-state index in [-0.39, 0.29) is 0 Å². The number of hydrogen-bond donors (Lipinski definition) is 1. The third-order valence-electron chi connectivity index (χ3n) is 2.79. The molecule has 0 aromatic heterocycles. The lowest BCUT2D eigenvalue weighted by molar-refractivity contribution is 0.413. The van der Waals surface area contributed by atoms with Crippen molar-refractivity contribution in [1.82, 2.24) is 5.32 Å². The molecule has 0 bridgehead atoms. The molecule has 1 aliphatic rings. The zero-order valence-electron chi connectivity index (χ0n) is 9.42. The number of anilines is 1. The maximum absolute atomic E-state index is 5.39. The third-order valence-corrected chi connectivity index (χ3v) is 2.79. The highest BCUT2D eigenvalue weighted by molar-refractivity contribution is 5.60. The number of nitrogens with one attached hydrogen (secondary N) is 1. The Bertz CT molecular complexity index is 332. The molecule has 0 unspecified atom stereocenters. The van der Waals surface area contributed by atoms with Gasteiger partial charge in [-0.1, -0.05) is 6.07 Å². The Kier molecular flexibility index (Phi) is 3.11. The molecule has 1 aromatic carbocycles. The van der Waals surface area contributed by atoms with Crippen molar-refractivity contribution in [2.75, 3.05) is 38.2 Å². The quantitative estimate of drug-likeness (QED) is 0.792. The van der Waals surface area contributed by atoms with Crippen LogP contribution in [0.4, 0.5) is 5.69 Å². The second kappa shape index (κ2) is 4.53. The normalized spacial score (nSPS) is 16.5. The molecule has 1 N–H and O–H groups in total. The molecule has 1 saturated heterocycles. The van der Waals surface area contributed by atoms with Crippen LogP contribution in [0.3, 0.4) is 0 Å². The number of methoxy groups -OCH3 is 1. The summed E-state index contributed by atoms with van der Waals surface area (Å²) < 4.78 is 5.39. The van der Waals surface area contributed by atoms with Crippen LogP contribution in [0, 0.1) is 6.92 Å². The first kappa shape index (κ1) is 10.3. The predicted molar refractivity (Wildman–Crippen MR) is 62.8 cm³/mol. The lowest BCUT2D eigenvalue weighted by Gasteiger charge is -2.30. The zero-order chi connectivity index (χ0) is 10.7. The molecule has 0 radical (unpaired) electrons. The fourth-order valence-electron chi connectivity index (χ4n) is 1.95. The van der Waals surface area contributed by atoms with Crippen molar-refractivity contribution in [1.29, 1.82) is 0 Å². The second-order valence-electron chi connectivity index (χ2n) is 3.91. The average Bonchev–Trinajstić information content (AvgIpc) is 2.30. The van der Waals surface area contributed by atoms with Crippen LogP contribution < -0.4 is 15.0 Å². The van der Waals surface area contributed by atoms with E-state index in [2.05, 4.69) is 29.3 Å². The van der Waals surface area contributed by atoms with Crippen LogP contribution in [0.25, 0.3) is 0 Å². The molecule has 2 rings (SSSR count). The summed E-state index contributed by atoms with van der Waals surface area (Å²) in [5, 5.41) is 3.35. The number of rotatable bonds is 2. The summed E-state index contributed by atoms with van der Waals surface area (Å²) in [6.07, 6.45) is 0. The molecule has 0 amide bonds. The smallest absolute Gasteiger partial charge is 0.142 e. The van der Waals surface area contributed by atoms with Crippen molar-refractivity contribution in [3.05, 3.63) is 23.8 Å². The van der Waals surface area contributed by atoms with E-state index in [0.29, 0.717) is 0 Å². The van der Waals surface area contributed by atoms with Crippen LogP contribution in [0.15, 0.2) is 18.2 Å². The maximum Gasteiger partial charge on any atom is 0.142 e. The maximum atomic E-state index is 5.39. The minimum Gasteiger partial charge on any atom is -0.495 e. The molecule has 3 nitrogen and oxygen atoms in total. The van der Waals surface area contributed by atoms with Crippen LogP contribution >= 0.6 is 0 Å². The Morgan fingerprint density at radius 3 is 2.67 bits per heavy atom. The van der Waals surface area contributed by atoms with Crippen molar-refractivity contribution in [2.45, 2.75) is 6.92 Å². The molecule has 15 heavy (non-hydrogen) atoms. The Labute approximate surface area is 91.0 Å². The molecular weight excluding hydrogens is 188 g/mol. The van der Waals surface area contributed by atoms with Gasteiger partial charge in [-0.05, 0) is 24.6 Å². The summed E-state index contributed by atoms with van der Waals surface area (Å²) in [6.45, 7) is 6.33. The fourth-order valence-corrected chi connectivity index (χ4v) is 1.95. The Morgan fingerprint density at radius 2 is 2.00 bits per heavy atom. The first-order valence-corrected chi connectivity index (χ1v) is 5.41. The monoisotopic (exact) mass is 206 g/mol. The lowest BCUT2D eigenvalue weighted by atomic mass is 10.1. The van der Waals surface area contributed by atoms with Crippen molar-refractivity contribution >= 4 is 5.69 Å². The Hall–Kier alpha value is -1.22. The minimum atomic E-state index is 0.975. The van der Waals surface area contributed by atoms with Gasteiger partial charge in [0, 0.05) is 26.2 Å². The second-order valence-corrected chi connectivity index (χ2v) is 3.91. The summed E-state index contributed by atoms with van der Waals surface area (Å²) in [5.41, 5.74) is 2.50. The van der Waals surface area contributed by atoms with Crippen LogP contribution in [0.1, 0.15) is 5.56 Å². The first-order valence-electron chi connectivity index (χ1n) is 5.41. The number of piperazine rings is 1. The molecule has 0 aliphatic carbocycles. The van der Waals surface area contributed by atoms with Gasteiger partial charge in [-0.3, -0.25) is 0 Å². The van der Waals surface area contributed by atoms with Gasteiger partial charge in [0.25, 0.3) is 0 Å². The molecule has 1 fully saturated rings. The van der Waals surface area contributed by atoms with E-state index in [1.165, 1.54) is 11.3 Å². The number of benzene rings is 1. The molecule has 1 aliphatic heterocycles. The molecule has 0 saturated carbocycles. The Balaban J connectivity index is 2.27. The zero-order valence-corrected chi connectivity index (χ0v) is 9.42. The van der Waals surface area contributed by atoms with Crippen molar-refractivity contribution in [3.63, 3.8) is 0 Å². The van der Waals surface area contributed by atoms with Gasteiger partial charge >= 0.3 is 0 Å². The van der Waals surface area contributed by atoms with Crippen LogP contribution in [-0.2, 0) is 0 Å². The Morgan fingerprint density at radius 1 is 1.27 bits per heavy atom. The van der Waals surface area contributed by atoms with Crippen molar-refractivity contribution in [3.8, 4) is 5.75 Å². The summed E-state index contributed by atoms with van der Waals surface area (Å²) in [4.78, 5) is 2.38. The standard InChI is InChI=1S/C12H18N2O/c1-10-3-4-12(15-2)11(9-10)14-7-5-13-6-8-14/h3-4,9,13H,5-8H2,1-2H3. The molecule has 82 valence electrons. The number of nitrogens with zero attached hydrogens (tertiary/aromatic N) is 1. The highest BCUT2D eigenvalue weighted by Gasteiger charge is 2.14. The topological polar surface area (TPSA) is 24.5 Å². The van der Waals surface area contributed by atoms with Gasteiger partial charge in [-0.25, -0.2) is 0 Å². The molecular formula is C12H18N2O. The summed E-state index contributed by atoms with van der Waals surface area (Å²) in [7, 11) is 1.73. The van der Waals surface area contributed by atoms with E-state index in [4.69, 9.17) is 4.74 Å². The van der Waals surface area contributed by atoms with Gasteiger partial charge in [0.15, 0.2) is 0 Å². The fraction of sp³-hybridized carbons (Fsp3) is 0.500. The molecule has 0 atom stereocenters. The van der Waals surface area contributed by atoms with Gasteiger partial charge < -0.3 is 15.0 Å². The van der Waals surface area contributed by atoms with Crippen LogP contribution in [-0.4, -0.2) is 33.3 Å². The van der Waals surface area contributed by atoms with E-state index in [1.54, 1.807) is 7.11 Å². The summed E-state index contributed by atoms with van der Waals surface area (Å²) in [6, 6.07) is 6.33. The minimum absolute atomic E-state index is 0.975. The molecule has 0 spiro atoms. The molecule has 1 heterocycles. The van der Waals surface area contributed by atoms with Crippen LogP contribution in [0.5, 0.6) is 5.75 Å². The van der Waals surface area contributed by atoms with Crippen LogP contribution in [0.2, 0.25) is 0 Å². The van der Waals surface area contributed by atoms with Gasteiger partial charge in [0.2, 0.25) is 0 Å². The molecule has 1 aromatic rings. The van der Waals surface area contributed by atoms with Gasteiger partial charge in [-0.15, -0.1) is 0 Å². The number of aryl methyl sites for hydroxylation is 1. The van der Waals surface area contributed by atoms with E-state index < -0.39 is 0 Å². The number of hydrogen-bond acceptors (Lipinski definition) is 3. The van der Waals surface area contributed by atoms with E-state index >= 15 is 0 Å². The summed E-state index contributed by atoms with van der Waals surface area (Å²) >= 11 is 0. The van der Waals surface area contributed by atoms with E-state index in [0.717, 1.165) is 31.9 Å². The molecule has 3 heteroatoms. The number of ether oxygens (including phenoxy) is 1. The van der Waals surface area contributed by atoms with E-state index in [1.807, 2.05) is 6.07 Å². The predicted octanol–water partition coefficient (Wildman–Crippen LogP) is 1.41. The third kappa shape index (κ3) is 2.23. The van der Waals surface area contributed by atoms with Gasteiger partial charge in [-0.2, -0.15) is 0 Å². The van der Waals surface area contributed by atoms with Gasteiger partial charge in [0.05, 0.1) is 12.8 Å². The average molecular weight is 206 g/mol. The first-order chi connectivity index (χ1) is 7.31. The highest BCUT2D eigenvalue weighted by Crippen LogP contribution is 2.29. The van der Waals surface area contributed by atoms with Crippen molar-refractivity contribution < 1.29 is 4.74 Å². The SMILES string of the molecule is COc1ccc(C)cc1N1CCNCC1. The van der Waals surface area contributed by atoms with Crippen molar-refractivity contribution in [2.24, 2.45) is 0 Å². The summed E-state index contributed by atoms with van der Waals surface area (Å²) in [5.74, 6) is 0.975. The highest BCUT2D eigenvalue weighted by atomic mass is 16.5. The van der Waals surface area contributed by atoms with E-state index in [9.17, 15) is 0 Å². The van der Waals surface area contributed by atoms with Gasteiger partial charge in [0.1, 0.15) is 5.75 Å².